The van der Waals surface area contributed by atoms with E-state index in [0.29, 0.717) is 17.4 Å². The number of carbonyl (C=O) groups is 2. The molecule has 0 aliphatic rings. The fraction of sp³-hybridized carbons (Fsp3) is 0.815. The molecule has 1 amide bonds. The first-order chi connectivity index (χ1) is 36.4. The summed E-state index contributed by atoms with van der Waals surface area (Å²) < 4.78 is 30.3. The molecule has 0 saturated heterocycles. The largest absolute Gasteiger partial charge is 0.756 e. The monoisotopic (exact) mass is 1070 g/mol. The number of ether oxygens (including phenoxy) is 1. The average Bonchev–Trinajstić information content (AvgIpc) is 3.37. The number of likely N-dealkylation sites (N-methyl/N-ethyl adjacent to an activating group) is 1. The van der Waals surface area contributed by atoms with Gasteiger partial charge >= 0.3 is 5.97 Å². The second-order valence-electron chi connectivity index (χ2n) is 22.6. The van der Waals surface area contributed by atoms with Crippen LogP contribution in [0.4, 0.5) is 0 Å². The van der Waals surface area contributed by atoms with Crippen molar-refractivity contribution in [2.45, 2.75) is 303 Å². The van der Waals surface area contributed by atoms with Gasteiger partial charge in [-0.05, 0) is 76.7 Å². The zero-order valence-corrected chi connectivity index (χ0v) is 50.9. The molecule has 0 aromatic carbocycles. The van der Waals surface area contributed by atoms with Gasteiger partial charge in [0, 0.05) is 12.8 Å². The van der Waals surface area contributed by atoms with Crippen molar-refractivity contribution in [1.29, 1.82) is 0 Å². The molecule has 0 rings (SSSR count). The maximum atomic E-state index is 13.5. The fourth-order valence-corrected chi connectivity index (χ4v) is 9.76. The van der Waals surface area contributed by atoms with E-state index in [2.05, 4.69) is 74.7 Å². The Morgan fingerprint density at radius 3 is 1.24 bits per heavy atom. The topological polar surface area (TPSA) is 114 Å². The number of quaternary nitrogens is 1. The Labute approximate surface area is 464 Å². The Hall–Kier alpha value is -2.29. The van der Waals surface area contributed by atoms with E-state index in [1.165, 1.54) is 167 Å². The summed E-state index contributed by atoms with van der Waals surface area (Å²) in [6, 6.07) is -0.890. The molecule has 0 aliphatic heterocycles. The van der Waals surface area contributed by atoms with Crippen LogP contribution in [0.5, 0.6) is 0 Å². The van der Waals surface area contributed by atoms with Crippen LogP contribution in [0, 0.1) is 0 Å². The lowest BCUT2D eigenvalue weighted by atomic mass is 10.0. The SMILES string of the molecule is CCCCC/C=C\C/C=C\C/C=C\C/C=C\CCCCCCCCCCCC(=O)NC(COP(=O)([O-])OCC[N+](C)(C)C)C(/C=C/CCCCCCCCCCCCC)OC(=O)CCCCCCCCCCCCC. The van der Waals surface area contributed by atoms with Crippen LogP contribution in [0.3, 0.4) is 0 Å². The molecule has 0 aromatic rings. The number of nitrogens with zero attached hydrogens (tertiary/aromatic N) is 1. The number of carbonyl (C=O) groups excluding carboxylic acids is 2. The summed E-state index contributed by atoms with van der Waals surface area (Å²) in [6.07, 6.45) is 69.0. The number of amides is 1. The second-order valence-corrected chi connectivity index (χ2v) is 24.0. The van der Waals surface area contributed by atoms with Gasteiger partial charge in [0.05, 0.1) is 33.8 Å². The van der Waals surface area contributed by atoms with Crippen LogP contribution in [0.1, 0.15) is 290 Å². The van der Waals surface area contributed by atoms with Gasteiger partial charge in [0.15, 0.2) is 0 Å². The van der Waals surface area contributed by atoms with Gasteiger partial charge in [0.2, 0.25) is 5.91 Å². The second kappa shape index (κ2) is 55.0. The molecule has 75 heavy (non-hydrogen) atoms. The van der Waals surface area contributed by atoms with Crippen LogP contribution < -0.4 is 10.2 Å². The highest BCUT2D eigenvalue weighted by molar-refractivity contribution is 7.45. The lowest BCUT2D eigenvalue weighted by molar-refractivity contribution is -0.870. The molecule has 0 radical (unpaired) electrons. The maximum absolute atomic E-state index is 13.5. The molecule has 0 heterocycles. The molecule has 0 bridgehead atoms. The predicted octanol–water partition coefficient (Wildman–Crippen LogP) is 18.8. The van der Waals surface area contributed by atoms with E-state index in [1.54, 1.807) is 0 Å². The number of phosphoric ester groups is 1. The summed E-state index contributed by atoms with van der Waals surface area (Å²) in [5.41, 5.74) is 0. The number of esters is 1. The average molecular weight is 1070 g/mol. The van der Waals surface area contributed by atoms with E-state index in [-0.39, 0.29) is 31.5 Å². The van der Waals surface area contributed by atoms with Crippen molar-refractivity contribution in [2.75, 3.05) is 40.9 Å². The maximum Gasteiger partial charge on any atom is 0.306 e. The van der Waals surface area contributed by atoms with Gasteiger partial charge in [-0.25, -0.2) is 0 Å². The first kappa shape index (κ1) is 72.7. The molecule has 0 spiro atoms. The smallest absolute Gasteiger partial charge is 0.306 e. The van der Waals surface area contributed by atoms with E-state index in [0.717, 1.165) is 89.9 Å². The number of nitrogens with one attached hydrogen (secondary N) is 1. The van der Waals surface area contributed by atoms with Crippen LogP contribution in [0.15, 0.2) is 60.8 Å². The quantitative estimate of drug-likeness (QED) is 0.0212. The standard InChI is InChI=1S/C65H121N2O7P/c1-7-10-13-16-19-22-25-27-28-29-30-31-32-33-34-35-36-37-38-40-43-45-48-51-54-57-64(68)66-62(61-73-75(70,71)72-60-59-67(4,5)6)63(56-53-50-47-44-42-39-26-23-20-17-14-11-8-2)74-65(69)58-55-52-49-46-41-24-21-18-15-12-9-3/h19,22,27-28,30-31,33-34,53,56,62-63H,7-18,20-21,23-26,29,32,35-52,54-55,57-61H2,1-6H3,(H-,66,68,70,71)/b22-19-,28-27-,31-30-,34-33-,56-53+. The molecule has 1 N–H and O–H groups in total. The van der Waals surface area contributed by atoms with Gasteiger partial charge in [-0.2, -0.15) is 0 Å². The lowest BCUT2D eigenvalue weighted by Crippen LogP contribution is -2.47. The summed E-state index contributed by atoms with van der Waals surface area (Å²) >= 11 is 0. The van der Waals surface area contributed by atoms with Crippen molar-refractivity contribution in [1.82, 2.24) is 5.32 Å². The normalized spacial score (nSPS) is 14.1. The first-order valence-electron chi connectivity index (χ1n) is 31.6. The molecule has 3 atom stereocenters. The molecule has 0 fully saturated rings. The summed E-state index contributed by atoms with van der Waals surface area (Å²) in [7, 11) is 1.18. The number of phosphoric acid groups is 1. The molecule has 0 aliphatic carbocycles. The van der Waals surface area contributed by atoms with Gasteiger partial charge < -0.3 is 28.5 Å². The molecule has 0 saturated carbocycles. The van der Waals surface area contributed by atoms with Crippen molar-refractivity contribution in [3.8, 4) is 0 Å². The van der Waals surface area contributed by atoms with Gasteiger partial charge in [-0.15, -0.1) is 0 Å². The van der Waals surface area contributed by atoms with E-state index in [1.807, 2.05) is 33.3 Å². The zero-order chi connectivity index (χ0) is 55.0. The van der Waals surface area contributed by atoms with Crippen LogP contribution in [-0.4, -0.2) is 69.4 Å². The summed E-state index contributed by atoms with van der Waals surface area (Å²) in [4.78, 5) is 39.9. The first-order valence-corrected chi connectivity index (χ1v) is 33.1. The number of allylic oxidation sites excluding steroid dienone is 9. The van der Waals surface area contributed by atoms with Crippen molar-refractivity contribution in [2.24, 2.45) is 0 Å². The molecule has 438 valence electrons. The highest BCUT2D eigenvalue weighted by Gasteiger charge is 2.27. The Morgan fingerprint density at radius 1 is 0.467 bits per heavy atom. The molecule has 0 aromatic heterocycles. The van der Waals surface area contributed by atoms with E-state index >= 15 is 0 Å². The summed E-state index contributed by atoms with van der Waals surface area (Å²) in [5.74, 6) is -0.542. The Kier molecular flexibility index (Phi) is 53.4. The minimum absolute atomic E-state index is 0.0235. The third-order valence-corrected chi connectivity index (χ3v) is 14.9. The van der Waals surface area contributed by atoms with Crippen molar-refractivity contribution >= 4 is 19.7 Å². The predicted molar refractivity (Wildman–Crippen MR) is 321 cm³/mol. The van der Waals surface area contributed by atoms with Crippen LogP contribution in [0.2, 0.25) is 0 Å². The number of hydrogen-bond acceptors (Lipinski definition) is 7. The van der Waals surface area contributed by atoms with Crippen molar-refractivity contribution in [3.05, 3.63) is 60.8 Å². The third kappa shape index (κ3) is 56.2. The minimum atomic E-state index is -4.70. The van der Waals surface area contributed by atoms with Gasteiger partial charge in [-0.1, -0.05) is 262 Å². The van der Waals surface area contributed by atoms with Crippen LogP contribution in [-0.2, 0) is 27.9 Å². The van der Waals surface area contributed by atoms with Gasteiger partial charge in [-0.3, -0.25) is 14.2 Å². The van der Waals surface area contributed by atoms with Gasteiger partial charge in [0.1, 0.15) is 19.3 Å². The minimum Gasteiger partial charge on any atom is -0.756 e. The summed E-state index contributed by atoms with van der Waals surface area (Å²) in [6.45, 7) is 6.82. The number of hydrogen-bond donors (Lipinski definition) is 1. The molecule has 3 unspecified atom stereocenters. The molecule has 9 nitrogen and oxygen atoms in total. The highest BCUT2D eigenvalue weighted by Crippen LogP contribution is 2.38. The van der Waals surface area contributed by atoms with Crippen molar-refractivity contribution < 1.29 is 37.3 Å². The lowest BCUT2D eigenvalue weighted by Gasteiger charge is -2.30. The van der Waals surface area contributed by atoms with Gasteiger partial charge in [0.25, 0.3) is 7.82 Å². The summed E-state index contributed by atoms with van der Waals surface area (Å²) in [5, 5.41) is 3.03. The Morgan fingerprint density at radius 2 is 0.813 bits per heavy atom. The highest BCUT2D eigenvalue weighted by atomic mass is 31.2. The third-order valence-electron chi connectivity index (χ3n) is 14.0. The molecular weight excluding hydrogens is 952 g/mol. The van der Waals surface area contributed by atoms with E-state index in [4.69, 9.17) is 13.8 Å². The fourth-order valence-electron chi connectivity index (χ4n) is 9.04. The number of rotatable bonds is 57. The van der Waals surface area contributed by atoms with Crippen LogP contribution in [0.25, 0.3) is 0 Å². The number of unbranched alkanes of at least 4 members (excludes halogenated alkanes) is 33. The Bertz CT molecular complexity index is 1470. The molecule has 10 heteroatoms. The Balaban J connectivity index is 5.13. The van der Waals surface area contributed by atoms with Crippen LogP contribution >= 0.6 is 7.82 Å². The van der Waals surface area contributed by atoms with Crippen molar-refractivity contribution in [3.63, 3.8) is 0 Å². The zero-order valence-electron chi connectivity index (χ0n) is 50.0. The van der Waals surface area contributed by atoms with E-state index < -0.39 is 20.0 Å². The van der Waals surface area contributed by atoms with E-state index in [9.17, 15) is 19.0 Å². The molecular formula is C65H121N2O7P.